The molecule has 0 fully saturated rings. The van der Waals surface area contributed by atoms with Gasteiger partial charge >= 0.3 is 10.4 Å². The Balaban J connectivity index is 2.64. The number of hydrogen-bond donors (Lipinski definition) is 1. The second-order valence-corrected chi connectivity index (χ2v) is 4.38. The zero-order chi connectivity index (χ0) is 12.2. The lowest BCUT2D eigenvalue weighted by atomic mass is 10.1. The Bertz CT molecular complexity index is 460. The third-order valence-corrected chi connectivity index (χ3v) is 2.29. The number of Topliss-reactive ketones (excluding diaryl/α,β-unsaturated/α-hetero) is 1. The Morgan fingerprint density at radius 3 is 2.31 bits per heavy atom. The fraction of sp³-hybridized carbons (Fsp3) is 0.300. The molecule has 0 radical (unpaired) electrons. The van der Waals surface area contributed by atoms with Crippen LogP contribution in [0.15, 0.2) is 24.3 Å². The Morgan fingerprint density at radius 1 is 1.31 bits per heavy atom. The first-order chi connectivity index (χ1) is 7.37. The molecule has 0 aliphatic heterocycles. The third kappa shape index (κ3) is 4.90. The fourth-order valence-electron chi connectivity index (χ4n) is 1.15. The highest BCUT2D eigenvalue weighted by atomic mass is 32.3. The Hall–Kier alpha value is -1.40. The Kier molecular flexibility index (Phi) is 4.03. The van der Waals surface area contributed by atoms with Crippen molar-refractivity contribution in [3.8, 4) is 5.75 Å². The highest BCUT2D eigenvalue weighted by Gasteiger charge is 2.06. The molecule has 0 amide bonds. The van der Waals surface area contributed by atoms with E-state index in [1.807, 2.05) is 0 Å². The number of ketones is 1. The fourth-order valence-corrected chi connectivity index (χ4v) is 1.51. The van der Waals surface area contributed by atoms with E-state index in [1.165, 1.54) is 19.1 Å². The Labute approximate surface area is 94.0 Å². The summed E-state index contributed by atoms with van der Waals surface area (Å²) in [6, 6.07) is 6.12. The van der Waals surface area contributed by atoms with Crippen LogP contribution >= 0.6 is 0 Å². The standard InChI is InChI=1S/C10H12O5S/c1-8(11)2-3-9-4-6-10(7-5-9)15-16(12,13)14/h4-7H,2-3H2,1H3,(H,12,13,14). The van der Waals surface area contributed by atoms with E-state index in [4.69, 9.17) is 4.55 Å². The summed E-state index contributed by atoms with van der Waals surface area (Å²) < 4.78 is 33.4. The maximum absolute atomic E-state index is 10.7. The first-order valence-electron chi connectivity index (χ1n) is 4.62. The van der Waals surface area contributed by atoms with Gasteiger partial charge in [0.1, 0.15) is 11.5 Å². The minimum Gasteiger partial charge on any atom is -0.362 e. The molecule has 0 heterocycles. The number of benzene rings is 1. The third-order valence-electron chi connectivity index (χ3n) is 1.89. The second kappa shape index (κ2) is 5.09. The van der Waals surface area contributed by atoms with Crippen LogP contribution in [0, 0.1) is 0 Å². The normalized spacial score (nSPS) is 11.1. The van der Waals surface area contributed by atoms with Gasteiger partial charge in [-0.05, 0) is 31.0 Å². The van der Waals surface area contributed by atoms with Crippen molar-refractivity contribution in [2.45, 2.75) is 19.8 Å². The molecule has 1 aromatic carbocycles. The lowest BCUT2D eigenvalue weighted by Gasteiger charge is -2.02. The van der Waals surface area contributed by atoms with Gasteiger partial charge in [-0.2, -0.15) is 8.42 Å². The van der Waals surface area contributed by atoms with Crippen LogP contribution in [0.1, 0.15) is 18.9 Å². The van der Waals surface area contributed by atoms with Crippen molar-refractivity contribution < 1.29 is 21.9 Å². The van der Waals surface area contributed by atoms with Gasteiger partial charge in [-0.3, -0.25) is 4.55 Å². The molecule has 0 aliphatic carbocycles. The van der Waals surface area contributed by atoms with Crippen molar-refractivity contribution in [3.63, 3.8) is 0 Å². The van der Waals surface area contributed by atoms with Gasteiger partial charge in [-0.1, -0.05) is 12.1 Å². The molecular formula is C10H12O5S. The zero-order valence-corrected chi connectivity index (χ0v) is 9.53. The van der Waals surface area contributed by atoms with Crippen LogP contribution in [0.5, 0.6) is 5.75 Å². The molecule has 16 heavy (non-hydrogen) atoms. The number of carbonyl (C=O) groups is 1. The van der Waals surface area contributed by atoms with Gasteiger partial charge in [-0.25, -0.2) is 0 Å². The summed E-state index contributed by atoms with van der Waals surface area (Å²) in [6.45, 7) is 1.51. The lowest BCUT2D eigenvalue weighted by molar-refractivity contribution is -0.116. The average molecular weight is 244 g/mol. The van der Waals surface area contributed by atoms with Gasteiger partial charge < -0.3 is 8.98 Å². The number of hydrogen-bond acceptors (Lipinski definition) is 4. The molecule has 0 aliphatic rings. The molecule has 0 unspecified atom stereocenters. The molecule has 1 N–H and O–H groups in total. The van der Waals surface area contributed by atoms with Gasteiger partial charge in [0, 0.05) is 6.42 Å². The van der Waals surface area contributed by atoms with Crippen LogP contribution in [-0.2, 0) is 21.6 Å². The van der Waals surface area contributed by atoms with E-state index in [0.717, 1.165) is 5.56 Å². The van der Waals surface area contributed by atoms with E-state index in [0.29, 0.717) is 12.8 Å². The van der Waals surface area contributed by atoms with Crippen molar-refractivity contribution in [1.29, 1.82) is 0 Å². The molecule has 0 atom stereocenters. The molecule has 0 saturated carbocycles. The molecule has 88 valence electrons. The molecule has 0 saturated heterocycles. The molecule has 0 spiro atoms. The maximum atomic E-state index is 10.7. The summed E-state index contributed by atoms with van der Waals surface area (Å²) >= 11 is 0. The van der Waals surface area contributed by atoms with E-state index in [1.54, 1.807) is 12.1 Å². The molecular weight excluding hydrogens is 232 g/mol. The monoisotopic (exact) mass is 244 g/mol. The van der Waals surface area contributed by atoms with Gasteiger partial charge in [-0.15, -0.1) is 0 Å². The number of aryl methyl sites for hydroxylation is 1. The lowest BCUT2D eigenvalue weighted by Crippen LogP contribution is -2.06. The van der Waals surface area contributed by atoms with Gasteiger partial charge in [0.25, 0.3) is 0 Å². The van der Waals surface area contributed by atoms with Crippen LogP contribution in [0.4, 0.5) is 0 Å². The van der Waals surface area contributed by atoms with Crippen LogP contribution in [0.25, 0.3) is 0 Å². The molecule has 0 aromatic heterocycles. The smallest absolute Gasteiger partial charge is 0.362 e. The predicted molar refractivity (Wildman–Crippen MR) is 57.6 cm³/mol. The SMILES string of the molecule is CC(=O)CCc1ccc(OS(=O)(=O)O)cc1. The quantitative estimate of drug-likeness (QED) is 0.791. The minimum atomic E-state index is -4.47. The molecule has 1 aromatic rings. The van der Waals surface area contributed by atoms with Crippen LogP contribution < -0.4 is 4.18 Å². The summed E-state index contributed by atoms with van der Waals surface area (Å²) in [4.78, 5) is 10.7. The maximum Gasteiger partial charge on any atom is 0.446 e. The van der Waals surface area contributed by atoms with Crippen LogP contribution in [0.3, 0.4) is 0 Å². The number of rotatable bonds is 5. The van der Waals surface area contributed by atoms with Crippen molar-refractivity contribution in [3.05, 3.63) is 29.8 Å². The Morgan fingerprint density at radius 2 is 1.88 bits per heavy atom. The summed E-state index contributed by atoms with van der Waals surface area (Å²) in [5, 5.41) is 0. The van der Waals surface area contributed by atoms with E-state index >= 15 is 0 Å². The van der Waals surface area contributed by atoms with Crippen molar-refractivity contribution in [2.75, 3.05) is 0 Å². The zero-order valence-electron chi connectivity index (χ0n) is 8.71. The van der Waals surface area contributed by atoms with Crippen molar-refractivity contribution >= 4 is 16.2 Å². The average Bonchev–Trinajstić information content (AvgIpc) is 2.14. The van der Waals surface area contributed by atoms with Crippen LogP contribution in [-0.4, -0.2) is 18.8 Å². The van der Waals surface area contributed by atoms with Crippen LogP contribution in [0.2, 0.25) is 0 Å². The largest absolute Gasteiger partial charge is 0.446 e. The molecule has 6 heteroatoms. The van der Waals surface area contributed by atoms with E-state index in [9.17, 15) is 13.2 Å². The van der Waals surface area contributed by atoms with Gasteiger partial charge in [0.15, 0.2) is 0 Å². The highest BCUT2D eigenvalue weighted by Crippen LogP contribution is 2.14. The molecule has 1 rings (SSSR count). The van der Waals surface area contributed by atoms with Gasteiger partial charge in [0.2, 0.25) is 0 Å². The first kappa shape index (κ1) is 12.7. The summed E-state index contributed by atoms with van der Waals surface area (Å²) in [5.74, 6) is 0.132. The van der Waals surface area contributed by atoms with E-state index in [2.05, 4.69) is 4.18 Å². The highest BCUT2D eigenvalue weighted by molar-refractivity contribution is 7.81. The second-order valence-electron chi connectivity index (χ2n) is 3.36. The van der Waals surface area contributed by atoms with Crippen molar-refractivity contribution in [1.82, 2.24) is 0 Å². The molecule has 5 nitrogen and oxygen atoms in total. The number of carbonyl (C=O) groups excluding carboxylic acids is 1. The summed E-state index contributed by atoms with van der Waals surface area (Å²) in [5.41, 5.74) is 0.901. The summed E-state index contributed by atoms with van der Waals surface area (Å²) in [6.07, 6.45) is 1.04. The first-order valence-corrected chi connectivity index (χ1v) is 5.98. The van der Waals surface area contributed by atoms with Gasteiger partial charge in [0.05, 0.1) is 0 Å². The van der Waals surface area contributed by atoms with Crippen molar-refractivity contribution in [2.24, 2.45) is 0 Å². The van der Waals surface area contributed by atoms with E-state index in [-0.39, 0.29) is 11.5 Å². The minimum absolute atomic E-state index is 0.0362. The predicted octanol–water partition coefficient (Wildman–Crippen LogP) is 1.39. The summed E-state index contributed by atoms with van der Waals surface area (Å²) in [7, 11) is -4.47. The molecule has 0 bridgehead atoms. The van der Waals surface area contributed by atoms with E-state index < -0.39 is 10.4 Å². The topological polar surface area (TPSA) is 80.7 Å².